The summed E-state index contributed by atoms with van der Waals surface area (Å²) in [6.07, 6.45) is 1.45. The van der Waals surface area contributed by atoms with Gasteiger partial charge in [-0.2, -0.15) is 0 Å². The fourth-order valence-electron chi connectivity index (χ4n) is 2.03. The van der Waals surface area contributed by atoms with E-state index in [-0.39, 0.29) is 17.1 Å². The molecular formula is C16H15BrFNO3S. The third kappa shape index (κ3) is 3.73. The van der Waals surface area contributed by atoms with Gasteiger partial charge in [-0.25, -0.2) is 12.8 Å². The second-order valence-electron chi connectivity index (χ2n) is 4.60. The number of sulfonamides is 1. The molecule has 0 heterocycles. The summed E-state index contributed by atoms with van der Waals surface area (Å²) < 4.78 is 45.9. The molecule has 122 valence electrons. The van der Waals surface area contributed by atoms with E-state index in [1.165, 1.54) is 49.6 Å². The summed E-state index contributed by atoms with van der Waals surface area (Å²) in [7, 11) is -2.38. The SMILES string of the molecule is C=CCN(c1cccc(F)c1)S(=O)(=O)c1ccc(OC)c(Br)c1. The summed E-state index contributed by atoms with van der Waals surface area (Å²) in [5, 5.41) is 0. The summed E-state index contributed by atoms with van der Waals surface area (Å²) in [5.74, 6) is 0.00708. The molecule has 7 heteroatoms. The lowest BCUT2D eigenvalue weighted by molar-refractivity contribution is 0.411. The van der Waals surface area contributed by atoms with Gasteiger partial charge in [0.15, 0.2) is 0 Å². The third-order valence-electron chi connectivity index (χ3n) is 3.10. The first-order chi connectivity index (χ1) is 10.9. The summed E-state index contributed by atoms with van der Waals surface area (Å²) in [6.45, 7) is 3.59. The van der Waals surface area contributed by atoms with Gasteiger partial charge in [0, 0.05) is 0 Å². The molecule has 2 rings (SSSR count). The highest BCUT2D eigenvalue weighted by molar-refractivity contribution is 9.10. The van der Waals surface area contributed by atoms with Crippen LogP contribution in [0.25, 0.3) is 0 Å². The van der Waals surface area contributed by atoms with Crippen molar-refractivity contribution in [1.82, 2.24) is 0 Å². The first kappa shape index (κ1) is 17.5. The highest BCUT2D eigenvalue weighted by Crippen LogP contribution is 2.30. The van der Waals surface area contributed by atoms with Gasteiger partial charge in [-0.15, -0.1) is 6.58 Å². The van der Waals surface area contributed by atoms with E-state index >= 15 is 0 Å². The molecule has 0 bridgehead atoms. The molecular weight excluding hydrogens is 385 g/mol. The van der Waals surface area contributed by atoms with E-state index in [2.05, 4.69) is 22.5 Å². The largest absolute Gasteiger partial charge is 0.496 e. The van der Waals surface area contributed by atoms with Crippen LogP contribution in [-0.2, 0) is 10.0 Å². The number of hydrogen-bond acceptors (Lipinski definition) is 3. The van der Waals surface area contributed by atoms with E-state index in [0.29, 0.717) is 10.2 Å². The third-order valence-corrected chi connectivity index (χ3v) is 5.51. The standard InChI is InChI=1S/C16H15BrFNO3S/c1-3-9-19(13-6-4-5-12(18)10-13)23(20,21)14-7-8-16(22-2)15(17)11-14/h3-8,10-11H,1,9H2,2H3. The molecule has 0 saturated heterocycles. The highest BCUT2D eigenvalue weighted by Gasteiger charge is 2.25. The van der Waals surface area contributed by atoms with Crippen molar-refractivity contribution in [2.45, 2.75) is 4.90 Å². The Morgan fingerprint density at radius 3 is 2.61 bits per heavy atom. The van der Waals surface area contributed by atoms with Crippen molar-refractivity contribution in [2.24, 2.45) is 0 Å². The molecule has 0 aliphatic carbocycles. The molecule has 2 aromatic rings. The molecule has 23 heavy (non-hydrogen) atoms. The van der Waals surface area contributed by atoms with Crippen molar-refractivity contribution in [1.29, 1.82) is 0 Å². The number of benzene rings is 2. The quantitative estimate of drug-likeness (QED) is 0.690. The highest BCUT2D eigenvalue weighted by atomic mass is 79.9. The molecule has 0 fully saturated rings. The predicted octanol–water partition coefficient (Wildman–Crippen LogP) is 3.98. The number of rotatable bonds is 6. The van der Waals surface area contributed by atoms with E-state index in [1.807, 2.05) is 0 Å². The van der Waals surface area contributed by atoms with Crippen LogP contribution in [0.4, 0.5) is 10.1 Å². The fourth-order valence-corrected chi connectivity index (χ4v) is 4.17. The van der Waals surface area contributed by atoms with Crippen LogP contribution in [0.5, 0.6) is 5.75 Å². The molecule has 0 saturated carbocycles. The van der Waals surface area contributed by atoms with Crippen molar-refractivity contribution in [3.63, 3.8) is 0 Å². The van der Waals surface area contributed by atoms with Crippen LogP contribution >= 0.6 is 15.9 Å². The maximum Gasteiger partial charge on any atom is 0.264 e. The van der Waals surface area contributed by atoms with Crippen LogP contribution in [0.1, 0.15) is 0 Å². The first-order valence-electron chi connectivity index (χ1n) is 6.63. The van der Waals surface area contributed by atoms with Gasteiger partial charge in [0.05, 0.1) is 28.7 Å². The molecule has 4 nitrogen and oxygen atoms in total. The average molecular weight is 400 g/mol. The molecule has 2 aromatic carbocycles. The Morgan fingerprint density at radius 1 is 1.30 bits per heavy atom. The molecule has 0 unspecified atom stereocenters. The normalized spacial score (nSPS) is 11.1. The monoisotopic (exact) mass is 399 g/mol. The minimum Gasteiger partial charge on any atom is -0.496 e. The van der Waals surface area contributed by atoms with Gasteiger partial charge in [-0.05, 0) is 52.3 Å². The Bertz CT molecular complexity index is 824. The Kier molecular flexibility index (Phi) is 5.43. The van der Waals surface area contributed by atoms with Gasteiger partial charge in [0.1, 0.15) is 11.6 Å². The van der Waals surface area contributed by atoms with Gasteiger partial charge in [0.25, 0.3) is 10.0 Å². The van der Waals surface area contributed by atoms with Crippen LogP contribution in [0, 0.1) is 5.82 Å². The average Bonchev–Trinajstić information content (AvgIpc) is 2.52. The Labute approximate surface area is 143 Å². The van der Waals surface area contributed by atoms with E-state index in [9.17, 15) is 12.8 Å². The number of methoxy groups -OCH3 is 1. The van der Waals surface area contributed by atoms with E-state index < -0.39 is 15.8 Å². The smallest absolute Gasteiger partial charge is 0.264 e. The van der Waals surface area contributed by atoms with Crippen molar-refractivity contribution in [2.75, 3.05) is 18.0 Å². The molecule has 0 amide bonds. The Morgan fingerprint density at radius 2 is 2.04 bits per heavy atom. The summed E-state index contributed by atoms with van der Waals surface area (Å²) >= 11 is 3.27. The molecule has 0 aliphatic rings. The number of halogens is 2. The van der Waals surface area contributed by atoms with Gasteiger partial charge < -0.3 is 4.74 Å². The van der Waals surface area contributed by atoms with Crippen LogP contribution < -0.4 is 9.04 Å². The molecule has 0 aliphatic heterocycles. The maximum atomic E-state index is 13.4. The number of anilines is 1. The van der Waals surface area contributed by atoms with Crippen molar-refractivity contribution < 1.29 is 17.5 Å². The Balaban J connectivity index is 2.53. The Hall–Kier alpha value is -1.86. The number of ether oxygens (including phenoxy) is 1. The van der Waals surface area contributed by atoms with Gasteiger partial charge in [0.2, 0.25) is 0 Å². The second kappa shape index (κ2) is 7.14. The van der Waals surface area contributed by atoms with Crippen LogP contribution in [0.15, 0.2) is 64.5 Å². The van der Waals surface area contributed by atoms with Crippen molar-refractivity contribution in [3.8, 4) is 5.75 Å². The maximum absolute atomic E-state index is 13.4. The number of nitrogens with zero attached hydrogens (tertiary/aromatic N) is 1. The number of hydrogen-bond donors (Lipinski definition) is 0. The van der Waals surface area contributed by atoms with Gasteiger partial charge in [-0.3, -0.25) is 4.31 Å². The molecule has 0 radical (unpaired) electrons. The molecule has 0 spiro atoms. The van der Waals surface area contributed by atoms with Crippen LogP contribution in [-0.4, -0.2) is 22.1 Å². The van der Waals surface area contributed by atoms with Crippen molar-refractivity contribution in [3.05, 3.63) is 65.4 Å². The zero-order chi connectivity index (χ0) is 17.0. The zero-order valence-electron chi connectivity index (χ0n) is 12.4. The molecule has 0 aromatic heterocycles. The van der Waals surface area contributed by atoms with Crippen LogP contribution in [0.2, 0.25) is 0 Å². The van der Waals surface area contributed by atoms with Crippen LogP contribution in [0.3, 0.4) is 0 Å². The first-order valence-corrected chi connectivity index (χ1v) is 8.86. The second-order valence-corrected chi connectivity index (χ2v) is 7.32. The lowest BCUT2D eigenvalue weighted by Crippen LogP contribution is -2.31. The zero-order valence-corrected chi connectivity index (χ0v) is 14.8. The van der Waals surface area contributed by atoms with E-state index in [1.54, 1.807) is 6.07 Å². The molecule has 0 N–H and O–H groups in total. The van der Waals surface area contributed by atoms with Gasteiger partial charge in [-0.1, -0.05) is 12.1 Å². The summed E-state index contributed by atoms with van der Waals surface area (Å²) in [5.41, 5.74) is 0.233. The predicted molar refractivity (Wildman–Crippen MR) is 91.8 cm³/mol. The van der Waals surface area contributed by atoms with E-state index in [4.69, 9.17) is 4.74 Å². The lowest BCUT2D eigenvalue weighted by atomic mass is 10.3. The van der Waals surface area contributed by atoms with E-state index in [0.717, 1.165) is 4.31 Å². The summed E-state index contributed by atoms with van der Waals surface area (Å²) in [4.78, 5) is 0.0660. The van der Waals surface area contributed by atoms with Gasteiger partial charge >= 0.3 is 0 Å². The molecule has 0 atom stereocenters. The lowest BCUT2D eigenvalue weighted by Gasteiger charge is -2.23. The minimum atomic E-state index is -3.87. The topological polar surface area (TPSA) is 46.6 Å². The van der Waals surface area contributed by atoms with Crippen molar-refractivity contribution >= 4 is 31.6 Å². The fraction of sp³-hybridized carbons (Fsp3) is 0.125. The summed E-state index contributed by atoms with van der Waals surface area (Å²) in [6, 6.07) is 9.85. The minimum absolute atomic E-state index is 0.0232.